The molecule has 1 heterocycles. The first kappa shape index (κ1) is 9.09. The third kappa shape index (κ3) is 2.25. The summed E-state index contributed by atoms with van der Waals surface area (Å²) in [5, 5.41) is 0. The monoisotopic (exact) mass is 177 g/mol. The summed E-state index contributed by atoms with van der Waals surface area (Å²) >= 11 is 0. The Kier molecular flexibility index (Phi) is 2.90. The van der Waals surface area contributed by atoms with Gasteiger partial charge in [0.2, 0.25) is 0 Å². The Morgan fingerprint density at radius 3 is 2.54 bits per heavy atom. The van der Waals surface area contributed by atoms with E-state index in [-0.39, 0.29) is 0 Å². The molecule has 2 aliphatic rings. The molecule has 2 unspecified atom stereocenters. The predicted molar refractivity (Wildman–Crippen MR) is 55.3 cm³/mol. The second kappa shape index (κ2) is 4.15. The van der Waals surface area contributed by atoms with E-state index in [1.54, 1.807) is 0 Å². The Morgan fingerprint density at radius 1 is 1.23 bits per heavy atom. The number of unbranched alkanes of at least 4 members (excludes halogenated alkanes) is 1. The summed E-state index contributed by atoms with van der Waals surface area (Å²) in [6.45, 7) is 3.93. The van der Waals surface area contributed by atoms with Crippen LogP contribution in [-0.4, -0.2) is 24.5 Å². The zero-order valence-corrected chi connectivity index (χ0v) is 8.34. The van der Waals surface area contributed by atoms with E-state index in [4.69, 9.17) is 6.42 Å². The summed E-state index contributed by atoms with van der Waals surface area (Å²) in [7, 11) is 0. The van der Waals surface area contributed by atoms with Crippen LogP contribution in [0.4, 0.5) is 0 Å². The summed E-state index contributed by atoms with van der Waals surface area (Å²) in [4.78, 5) is 2.63. The molecule has 0 aromatic carbocycles. The van der Waals surface area contributed by atoms with Crippen LogP contribution >= 0.6 is 0 Å². The van der Waals surface area contributed by atoms with Crippen molar-refractivity contribution in [2.75, 3.05) is 19.6 Å². The van der Waals surface area contributed by atoms with Gasteiger partial charge in [0.1, 0.15) is 0 Å². The van der Waals surface area contributed by atoms with E-state index in [9.17, 15) is 0 Å². The summed E-state index contributed by atoms with van der Waals surface area (Å²) in [5.74, 6) is 4.75. The van der Waals surface area contributed by atoms with Crippen LogP contribution in [0.2, 0.25) is 0 Å². The highest BCUT2D eigenvalue weighted by Crippen LogP contribution is 2.36. The minimum absolute atomic E-state index is 0.950. The van der Waals surface area contributed by atoms with Crippen LogP contribution in [0.3, 0.4) is 0 Å². The van der Waals surface area contributed by atoms with Crippen molar-refractivity contribution in [1.29, 1.82) is 0 Å². The van der Waals surface area contributed by atoms with Crippen LogP contribution < -0.4 is 0 Å². The molecule has 2 atom stereocenters. The minimum atomic E-state index is 0.950. The van der Waals surface area contributed by atoms with E-state index in [0.29, 0.717) is 0 Å². The Labute approximate surface area is 81.5 Å². The van der Waals surface area contributed by atoms with Crippen molar-refractivity contribution in [3.63, 3.8) is 0 Å². The number of likely N-dealkylation sites (tertiary alicyclic amines) is 1. The molecule has 2 fully saturated rings. The molecule has 1 saturated carbocycles. The van der Waals surface area contributed by atoms with Crippen molar-refractivity contribution in [3.05, 3.63) is 0 Å². The highest BCUT2D eigenvalue weighted by atomic mass is 15.1. The summed E-state index contributed by atoms with van der Waals surface area (Å²) < 4.78 is 0. The number of rotatable bonds is 3. The van der Waals surface area contributed by atoms with Gasteiger partial charge in [-0.15, -0.1) is 12.3 Å². The van der Waals surface area contributed by atoms with Crippen molar-refractivity contribution in [2.45, 2.75) is 32.1 Å². The van der Waals surface area contributed by atoms with Crippen LogP contribution in [-0.2, 0) is 0 Å². The molecule has 0 N–H and O–H groups in total. The average Bonchev–Trinajstić information content (AvgIpc) is 2.46. The molecule has 0 aromatic heterocycles. The lowest BCUT2D eigenvalue weighted by Crippen LogP contribution is -2.36. The van der Waals surface area contributed by atoms with Crippen molar-refractivity contribution in [1.82, 2.24) is 4.90 Å². The quantitative estimate of drug-likeness (QED) is 0.471. The van der Waals surface area contributed by atoms with Gasteiger partial charge in [-0.1, -0.05) is 0 Å². The number of piperidine rings is 1. The molecule has 13 heavy (non-hydrogen) atoms. The first-order valence-corrected chi connectivity index (χ1v) is 5.54. The zero-order chi connectivity index (χ0) is 9.10. The Bertz CT molecular complexity index is 192. The first-order valence-electron chi connectivity index (χ1n) is 5.54. The molecule has 0 aromatic rings. The number of hydrogen-bond donors (Lipinski definition) is 0. The normalized spacial score (nSPS) is 33.2. The highest BCUT2D eigenvalue weighted by Gasteiger charge is 2.32. The molecule has 2 bridgehead atoms. The predicted octanol–water partition coefficient (Wildman–Crippen LogP) is 2.13. The lowest BCUT2D eigenvalue weighted by molar-refractivity contribution is 0.167. The number of hydrogen-bond acceptors (Lipinski definition) is 1. The van der Waals surface area contributed by atoms with Gasteiger partial charge in [0.05, 0.1) is 0 Å². The average molecular weight is 177 g/mol. The van der Waals surface area contributed by atoms with Gasteiger partial charge in [-0.2, -0.15) is 0 Å². The van der Waals surface area contributed by atoms with E-state index >= 15 is 0 Å². The van der Waals surface area contributed by atoms with Crippen LogP contribution in [0.1, 0.15) is 32.1 Å². The van der Waals surface area contributed by atoms with E-state index in [2.05, 4.69) is 10.8 Å². The van der Waals surface area contributed by atoms with E-state index < -0.39 is 0 Å². The number of nitrogens with zero attached hydrogens (tertiary/aromatic N) is 1. The molecule has 0 amide bonds. The number of fused-ring (bicyclic) bond motifs is 2. The van der Waals surface area contributed by atoms with Gasteiger partial charge < -0.3 is 4.90 Å². The van der Waals surface area contributed by atoms with Crippen LogP contribution in [0.15, 0.2) is 0 Å². The standard InChI is InChI=1S/C12H19N/c1-2-3-4-7-13-9-11-5-6-12(8-11)10-13/h1,11-12H,3-10H2. The second-order valence-electron chi connectivity index (χ2n) is 4.61. The van der Waals surface area contributed by atoms with Crippen molar-refractivity contribution >= 4 is 0 Å². The van der Waals surface area contributed by atoms with Gasteiger partial charge in [-0.3, -0.25) is 0 Å². The van der Waals surface area contributed by atoms with Gasteiger partial charge in [0, 0.05) is 19.5 Å². The van der Waals surface area contributed by atoms with Gasteiger partial charge in [0.25, 0.3) is 0 Å². The first-order chi connectivity index (χ1) is 6.38. The largest absolute Gasteiger partial charge is 0.303 e. The third-order valence-corrected chi connectivity index (χ3v) is 3.48. The van der Waals surface area contributed by atoms with Crippen molar-refractivity contribution in [2.24, 2.45) is 11.8 Å². The Morgan fingerprint density at radius 2 is 1.92 bits per heavy atom. The van der Waals surface area contributed by atoms with Gasteiger partial charge in [0.15, 0.2) is 0 Å². The summed E-state index contributed by atoms with van der Waals surface area (Å²) in [6, 6.07) is 0. The molecular weight excluding hydrogens is 158 g/mol. The third-order valence-electron chi connectivity index (χ3n) is 3.48. The number of terminal acetylenes is 1. The fourth-order valence-electron chi connectivity index (χ4n) is 2.90. The Balaban J connectivity index is 1.73. The van der Waals surface area contributed by atoms with E-state index in [1.807, 2.05) is 0 Å². The van der Waals surface area contributed by atoms with Crippen LogP contribution in [0.5, 0.6) is 0 Å². The Hall–Kier alpha value is -0.480. The molecular formula is C12H19N. The molecule has 1 nitrogen and oxygen atoms in total. The van der Waals surface area contributed by atoms with Crippen molar-refractivity contribution < 1.29 is 0 Å². The van der Waals surface area contributed by atoms with E-state index in [0.717, 1.165) is 18.3 Å². The van der Waals surface area contributed by atoms with Gasteiger partial charge in [-0.05, 0) is 44.1 Å². The lowest BCUT2D eigenvalue weighted by Gasteiger charge is -2.31. The molecule has 72 valence electrons. The molecule has 1 aliphatic carbocycles. The maximum atomic E-state index is 5.24. The zero-order valence-electron chi connectivity index (χ0n) is 8.34. The van der Waals surface area contributed by atoms with E-state index in [1.165, 1.54) is 45.3 Å². The van der Waals surface area contributed by atoms with Gasteiger partial charge >= 0.3 is 0 Å². The SMILES string of the molecule is C#CCCCN1CC2CCC(C2)C1. The van der Waals surface area contributed by atoms with Crippen LogP contribution in [0.25, 0.3) is 0 Å². The fraction of sp³-hybridized carbons (Fsp3) is 0.833. The second-order valence-corrected chi connectivity index (χ2v) is 4.61. The molecule has 2 rings (SSSR count). The van der Waals surface area contributed by atoms with Crippen molar-refractivity contribution in [3.8, 4) is 12.3 Å². The fourth-order valence-corrected chi connectivity index (χ4v) is 2.90. The summed E-state index contributed by atoms with van der Waals surface area (Å²) in [6.07, 6.45) is 11.9. The molecule has 1 aliphatic heterocycles. The van der Waals surface area contributed by atoms with Crippen LogP contribution in [0, 0.1) is 24.2 Å². The smallest absolute Gasteiger partial charge is 0.00982 e. The molecule has 0 spiro atoms. The topological polar surface area (TPSA) is 3.24 Å². The molecule has 1 heteroatoms. The highest BCUT2D eigenvalue weighted by molar-refractivity contribution is 4.87. The molecule has 1 saturated heterocycles. The lowest BCUT2D eigenvalue weighted by atomic mass is 9.99. The maximum Gasteiger partial charge on any atom is 0.00982 e. The summed E-state index contributed by atoms with van der Waals surface area (Å²) in [5.41, 5.74) is 0. The van der Waals surface area contributed by atoms with Gasteiger partial charge in [-0.25, -0.2) is 0 Å². The maximum absolute atomic E-state index is 5.24. The molecule has 0 radical (unpaired) electrons. The minimum Gasteiger partial charge on any atom is -0.303 e.